The highest BCUT2D eigenvalue weighted by molar-refractivity contribution is 5.85. The number of rotatable bonds is 2. The molecule has 0 bridgehead atoms. The third kappa shape index (κ3) is 1.91. The average Bonchev–Trinajstić information content (AvgIpc) is 2.29. The molecule has 0 amide bonds. The molecule has 1 N–H and O–H groups in total. The molecule has 0 aliphatic heterocycles. The minimum Gasteiger partial charge on any atom is -0.396 e. The summed E-state index contributed by atoms with van der Waals surface area (Å²) in [4.78, 5) is 0. The van der Waals surface area contributed by atoms with E-state index in [9.17, 15) is 0 Å². The van der Waals surface area contributed by atoms with Gasteiger partial charge in [0.25, 0.3) is 0 Å². The monoisotopic (exact) mass is 211 g/mol. The number of aryl methyl sites for hydroxylation is 1. The summed E-state index contributed by atoms with van der Waals surface area (Å²) in [6.07, 6.45) is 0.658. The fourth-order valence-electron chi connectivity index (χ4n) is 1.87. The van der Waals surface area contributed by atoms with Crippen molar-refractivity contribution in [1.82, 2.24) is 0 Å². The summed E-state index contributed by atoms with van der Waals surface area (Å²) in [6, 6.07) is 12.2. The van der Waals surface area contributed by atoms with Gasteiger partial charge >= 0.3 is 0 Å². The molecule has 0 atom stereocenters. The molecule has 0 aromatic heterocycles. The van der Waals surface area contributed by atoms with Crippen molar-refractivity contribution in [3.05, 3.63) is 47.0 Å². The van der Waals surface area contributed by atoms with Crippen LogP contribution in [0.15, 0.2) is 30.3 Å². The number of nitrogens with zero attached hydrogens (tertiary/aromatic N) is 1. The summed E-state index contributed by atoms with van der Waals surface area (Å²) in [5.41, 5.74) is 2.82. The van der Waals surface area contributed by atoms with Crippen LogP contribution in [-0.4, -0.2) is 11.7 Å². The van der Waals surface area contributed by atoms with Gasteiger partial charge in [0.15, 0.2) is 0 Å². The van der Waals surface area contributed by atoms with Crippen LogP contribution < -0.4 is 0 Å². The summed E-state index contributed by atoms with van der Waals surface area (Å²) >= 11 is 0. The number of aliphatic hydroxyl groups is 1. The van der Waals surface area contributed by atoms with Gasteiger partial charge in [-0.05, 0) is 41.3 Å². The van der Waals surface area contributed by atoms with Gasteiger partial charge in [-0.2, -0.15) is 5.26 Å². The van der Waals surface area contributed by atoms with Crippen molar-refractivity contribution in [2.24, 2.45) is 0 Å². The van der Waals surface area contributed by atoms with Gasteiger partial charge in [0.05, 0.1) is 11.6 Å². The SMILES string of the molecule is Cc1cc2ccc(CCO)cc2cc1C#N. The lowest BCUT2D eigenvalue weighted by Crippen LogP contribution is -1.91. The second kappa shape index (κ2) is 4.34. The van der Waals surface area contributed by atoms with Gasteiger partial charge in [-0.25, -0.2) is 0 Å². The Bertz CT molecular complexity index is 567. The third-order valence-corrected chi connectivity index (χ3v) is 2.77. The summed E-state index contributed by atoms with van der Waals surface area (Å²) in [6.45, 7) is 2.10. The van der Waals surface area contributed by atoms with Crippen LogP contribution in [0.2, 0.25) is 0 Å². The number of hydrogen-bond acceptors (Lipinski definition) is 2. The van der Waals surface area contributed by atoms with Gasteiger partial charge < -0.3 is 5.11 Å². The number of aliphatic hydroxyl groups excluding tert-OH is 1. The first-order valence-electron chi connectivity index (χ1n) is 5.29. The topological polar surface area (TPSA) is 44.0 Å². The average molecular weight is 211 g/mol. The first kappa shape index (κ1) is 10.7. The van der Waals surface area contributed by atoms with E-state index in [1.54, 1.807) is 0 Å². The Hall–Kier alpha value is -1.85. The number of hydrogen-bond donors (Lipinski definition) is 1. The van der Waals surface area contributed by atoms with E-state index < -0.39 is 0 Å². The summed E-state index contributed by atoms with van der Waals surface area (Å²) in [5, 5.41) is 20.0. The van der Waals surface area contributed by atoms with E-state index in [0.29, 0.717) is 12.0 Å². The van der Waals surface area contributed by atoms with E-state index in [1.165, 1.54) is 0 Å². The Balaban J connectivity index is 2.60. The lowest BCUT2D eigenvalue weighted by molar-refractivity contribution is 0.299. The Labute approximate surface area is 94.8 Å². The highest BCUT2D eigenvalue weighted by Crippen LogP contribution is 2.21. The van der Waals surface area contributed by atoms with Crippen molar-refractivity contribution in [1.29, 1.82) is 5.26 Å². The van der Waals surface area contributed by atoms with Gasteiger partial charge in [0.2, 0.25) is 0 Å². The van der Waals surface area contributed by atoms with E-state index in [2.05, 4.69) is 6.07 Å². The molecule has 0 aliphatic carbocycles. The predicted molar refractivity (Wildman–Crippen MR) is 64.2 cm³/mol. The summed E-state index contributed by atoms with van der Waals surface area (Å²) in [7, 11) is 0. The Morgan fingerprint density at radius 3 is 2.69 bits per heavy atom. The molecule has 0 fully saturated rings. The van der Waals surface area contributed by atoms with E-state index in [-0.39, 0.29) is 6.61 Å². The molecule has 2 nitrogen and oxygen atoms in total. The molecule has 16 heavy (non-hydrogen) atoms. The molecule has 2 rings (SSSR count). The minimum atomic E-state index is 0.155. The lowest BCUT2D eigenvalue weighted by atomic mass is 10.00. The van der Waals surface area contributed by atoms with Crippen LogP contribution >= 0.6 is 0 Å². The number of fused-ring (bicyclic) bond motifs is 1. The molecule has 0 spiro atoms. The molecular weight excluding hydrogens is 198 g/mol. The van der Waals surface area contributed by atoms with E-state index in [1.807, 2.05) is 37.3 Å². The maximum absolute atomic E-state index is 8.96. The van der Waals surface area contributed by atoms with E-state index in [0.717, 1.165) is 21.9 Å². The highest BCUT2D eigenvalue weighted by atomic mass is 16.2. The molecule has 0 unspecified atom stereocenters. The van der Waals surface area contributed by atoms with E-state index in [4.69, 9.17) is 10.4 Å². The normalized spacial score (nSPS) is 10.3. The van der Waals surface area contributed by atoms with Gasteiger partial charge in [-0.1, -0.05) is 24.3 Å². The zero-order valence-corrected chi connectivity index (χ0v) is 9.20. The predicted octanol–water partition coefficient (Wildman–Crippen LogP) is 2.55. The van der Waals surface area contributed by atoms with Crippen molar-refractivity contribution in [2.75, 3.05) is 6.61 Å². The van der Waals surface area contributed by atoms with Gasteiger partial charge in [0, 0.05) is 6.61 Å². The summed E-state index contributed by atoms with van der Waals surface area (Å²) < 4.78 is 0. The molecule has 0 saturated heterocycles. The van der Waals surface area contributed by atoms with Crippen LogP contribution in [0.3, 0.4) is 0 Å². The molecule has 2 heteroatoms. The molecule has 80 valence electrons. The zero-order chi connectivity index (χ0) is 11.5. The molecule has 2 aromatic rings. The Morgan fingerprint density at radius 1 is 1.19 bits per heavy atom. The maximum atomic E-state index is 8.96. The fourth-order valence-corrected chi connectivity index (χ4v) is 1.87. The second-order valence-corrected chi connectivity index (χ2v) is 3.93. The second-order valence-electron chi connectivity index (χ2n) is 3.93. The van der Waals surface area contributed by atoms with Gasteiger partial charge in [-0.15, -0.1) is 0 Å². The molecule has 0 aliphatic rings. The minimum absolute atomic E-state index is 0.155. The van der Waals surface area contributed by atoms with Crippen molar-refractivity contribution in [3.8, 4) is 6.07 Å². The van der Waals surface area contributed by atoms with Gasteiger partial charge in [-0.3, -0.25) is 0 Å². The van der Waals surface area contributed by atoms with Gasteiger partial charge in [0.1, 0.15) is 0 Å². The molecule has 0 saturated carbocycles. The van der Waals surface area contributed by atoms with Crippen molar-refractivity contribution >= 4 is 10.8 Å². The van der Waals surface area contributed by atoms with Crippen LogP contribution in [0.1, 0.15) is 16.7 Å². The fraction of sp³-hybridized carbons (Fsp3) is 0.214. The third-order valence-electron chi connectivity index (χ3n) is 2.77. The first-order valence-corrected chi connectivity index (χ1v) is 5.29. The standard InChI is InChI=1S/C14H13NO/c1-10-6-12-3-2-11(4-5-16)7-13(12)8-14(10)9-15/h2-3,6-8,16H,4-5H2,1H3. The van der Waals surface area contributed by atoms with Crippen LogP contribution in [0, 0.1) is 18.3 Å². The molecular formula is C14H13NO. The van der Waals surface area contributed by atoms with Crippen LogP contribution in [0.25, 0.3) is 10.8 Å². The number of nitriles is 1. The first-order chi connectivity index (χ1) is 7.74. The molecule has 2 aromatic carbocycles. The Morgan fingerprint density at radius 2 is 2.00 bits per heavy atom. The molecule has 0 radical (unpaired) electrons. The Kier molecular flexibility index (Phi) is 2.89. The van der Waals surface area contributed by atoms with Crippen molar-refractivity contribution in [3.63, 3.8) is 0 Å². The number of benzene rings is 2. The highest BCUT2D eigenvalue weighted by Gasteiger charge is 2.01. The van der Waals surface area contributed by atoms with Crippen molar-refractivity contribution in [2.45, 2.75) is 13.3 Å². The van der Waals surface area contributed by atoms with Crippen LogP contribution in [0.4, 0.5) is 0 Å². The lowest BCUT2D eigenvalue weighted by Gasteiger charge is -2.04. The van der Waals surface area contributed by atoms with Crippen molar-refractivity contribution < 1.29 is 5.11 Å². The molecule has 0 heterocycles. The van der Waals surface area contributed by atoms with Crippen LogP contribution in [0.5, 0.6) is 0 Å². The zero-order valence-electron chi connectivity index (χ0n) is 9.20. The largest absolute Gasteiger partial charge is 0.396 e. The maximum Gasteiger partial charge on any atom is 0.0994 e. The van der Waals surface area contributed by atoms with E-state index >= 15 is 0 Å². The smallest absolute Gasteiger partial charge is 0.0994 e. The summed E-state index contributed by atoms with van der Waals surface area (Å²) in [5.74, 6) is 0. The van der Waals surface area contributed by atoms with Crippen LogP contribution in [-0.2, 0) is 6.42 Å². The quantitative estimate of drug-likeness (QED) is 0.829.